The number of amides is 2. The van der Waals surface area contributed by atoms with Gasteiger partial charge in [0.2, 0.25) is 17.6 Å². The lowest BCUT2D eigenvalue weighted by molar-refractivity contribution is -0.152. The molecule has 0 radical (unpaired) electrons. The standard InChI is InChI=1S/C19H17NO5S/c21-13(14-2-1-5-26-14)8-25-15(22)7-20-18(23)16-9-3-4-10(12-6-11(9)12)17(16)19(20)24/h1-5,9-12,16-17H,6-8H2/t9-,10+,11-,12-,16+,17-/m1/s1. The van der Waals surface area contributed by atoms with Crippen molar-refractivity contribution >= 4 is 34.9 Å². The highest BCUT2D eigenvalue weighted by Gasteiger charge is 2.67. The van der Waals surface area contributed by atoms with Gasteiger partial charge in [-0.25, -0.2) is 0 Å². The fraction of sp³-hybridized carbons (Fsp3) is 0.474. The average molecular weight is 371 g/mol. The van der Waals surface area contributed by atoms with Gasteiger partial charge in [-0.3, -0.25) is 24.1 Å². The van der Waals surface area contributed by atoms with E-state index in [-0.39, 0.29) is 47.9 Å². The molecule has 7 heteroatoms. The number of carbonyl (C=O) groups is 4. The summed E-state index contributed by atoms with van der Waals surface area (Å²) < 4.78 is 5.00. The summed E-state index contributed by atoms with van der Waals surface area (Å²) in [6.45, 7) is -0.781. The minimum Gasteiger partial charge on any atom is -0.456 e. The van der Waals surface area contributed by atoms with E-state index in [1.807, 2.05) is 0 Å². The number of likely N-dealkylation sites (tertiary alicyclic amines) is 1. The third kappa shape index (κ3) is 2.23. The van der Waals surface area contributed by atoms with Gasteiger partial charge in [0, 0.05) is 0 Å². The molecule has 0 spiro atoms. The molecule has 4 aliphatic carbocycles. The highest BCUT2D eigenvalue weighted by molar-refractivity contribution is 7.12. The Hall–Kier alpha value is -2.28. The second-order valence-electron chi connectivity index (χ2n) is 7.48. The van der Waals surface area contributed by atoms with Crippen LogP contribution in [0.4, 0.5) is 0 Å². The highest BCUT2D eigenvalue weighted by atomic mass is 32.1. The first-order valence-corrected chi connectivity index (χ1v) is 9.70. The van der Waals surface area contributed by atoms with E-state index < -0.39 is 12.5 Å². The Balaban J connectivity index is 1.24. The van der Waals surface area contributed by atoms with E-state index >= 15 is 0 Å². The molecule has 5 aliphatic rings. The smallest absolute Gasteiger partial charge is 0.326 e. The monoisotopic (exact) mass is 371 g/mol. The van der Waals surface area contributed by atoms with E-state index in [0.717, 1.165) is 11.3 Å². The first-order chi connectivity index (χ1) is 12.6. The van der Waals surface area contributed by atoms with Gasteiger partial charge in [-0.05, 0) is 41.5 Å². The molecule has 2 saturated carbocycles. The van der Waals surface area contributed by atoms with Gasteiger partial charge in [0.05, 0.1) is 16.7 Å². The van der Waals surface area contributed by atoms with Crippen LogP contribution in [0.3, 0.4) is 0 Å². The van der Waals surface area contributed by atoms with Crippen molar-refractivity contribution < 1.29 is 23.9 Å². The molecule has 1 aromatic rings. The van der Waals surface area contributed by atoms with Crippen LogP contribution in [0.2, 0.25) is 0 Å². The lowest BCUT2D eigenvalue weighted by Crippen LogP contribution is -2.40. The second-order valence-corrected chi connectivity index (χ2v) is 8.43. The molecule has 0 aromatic carbocycles. The Kier molecular flexibility index (Phi) is 3.44. The molecule has 1 aliphatic heterocycles. The molecule has 0 N–H and O–H groups in total. The summed E-state index contributed by atoms with van der Waals surface area (Å²) in [6, 6.07) is 3.41. The van der Waals surface area contributed by atoms with E-state index in [2.05, 4.69) is 12.2 Å². The van der Waals surface area contributed by atoms with Gasteiger partial charge in [0.15, 0.2) is 6.61 Å². The number of Topliss-reactive ketones (excluding diaryl/α,β-unsaturated/α-hetero) is 1. The molecule has 1 aromatic heterocycles. The molecule has 6 nitrogen and oxygen atoms in total. The predicted octanol–water partition coefficient (Wildman–Crippen LogP) is 1.53. The Bertz CT molecular complexity index is 808. The zero-order valence-corrected chi connectivity index (χ0v) is 14.7. The largest absolute Gasteiger partial charge is 0.456 e. The molecular formula is C19H17NO5S. The molecule has 134 valence electrons. The molecule has 1 saturated heterocycles. The number of imide groups is 1. The molecular weight excluding hydrogens is 354 g/mol. The molecule has 0 unspecified atom stereocenters. The van der Waals surface area contributed by atoms with Crippen LogP contribution < -0.4 is 0 Å². The van der Waals surface area contributed by atoms with Crippen LogP contribution in [-0.4, -0.2) is 41.6 Å². The van der Waals surface area contributed by atoms with Crippen LogP contribution in [0, 0.1) is 35.5 Å². The molecule has 6 atom stereocenters. The van der Waals surface area contributed by atoms with Crippen LogP contribution in [0.25, 0.3) is 0 Å². The maximum atomic E-state index is 12.8. The first-order valence-electron chi connectivity index (χ1n) is 8.82. The highest BCUT2D eigenvalue weighted by Crippen LogP contribution is 2.65. The molecule has 6 rings (SSSR count). The number of hydrogen-bond acceptors (Lipinski definition) is 6. The summed E-state index contributed by atoms with van der Waals surface area (Å²) in [6.07, 6.45) is 5.28. The summed E-state index contributed by atoms with van der Waals surface area (Å²) in [5.41, 5.74) is 0. The van der Waals surface area contributed by atoms with Crippen molar-refractivity contribution in [2.75, 3.05) is 13.2 Å². The Morgan fingerprint density at radius 2 is 1.77 bits per heavy atom. The third-order valence-electron chi connectivity index (χ3n) is 6.20. The molecule has 3 fully saturated rings. The number of carbonyl (C=O) groups excluding carboxylic acids is 4. The molecule has 2 heterocycles. The molecule has 2 bridgehead atoms. The summed E-state index contributed by atoms with van der Waals surface area (Å²) in [5, 5.41) is 1.77. The minimum atomic E-state index is -0.722. The van der Waals surface area contributed by atoms with E-state index in [1.54, 1.807) is 17.5 Å². The fourth-order valence-electron chi connectivity index (χ4n) is 5.00. The van der Waals surface area contributed by atoms with E-state index in [0.29, 0.717) is 16.7 Å². The van der Waals surface area contributed by atoms with Crippen molar-refractivity contribution in [1.29, 1.82) is 0 Å². The Labute approximate surface area is 153 Å². The van der Waals surface area contributed by atoms with Crippen molar-refractivity contribution in [3.8, 4) is 0 Å². The second kappa shape index (κ2) is 5.61. The van der Waals surface area contributed by atoms with Crippen LogP contribution in [0.15, 0.2) is 29.7 Å². The van der Waals surface area contributed by atoms with Crippen molar-refractivity contribution in [1.82, 2.24) is 4.90 Å². The normalized spacial score (nSPS) is 36.1. The first kappa shape index (κ1) is 15.9. The fourth-order valence-corrected chi connectivity index (χ4v) is 5.65. The number of thiophene rings is 1. The summed E-state index contributed by atoms with van der Waals surface area (Å²) in [5.74, 6) is -0.845. The summed E-state index contributed by atoms with van der Waals surface area (Å²) in [4.78, 5) is 51.1. The van der Waals surface area contributed by atoms with E-state index in [4.69, 9.17) is 4.74 Å². The molecule has 26 heavy (non-hydrogen) atoms. The number of ether oxygens (including phenoxy) is 1. The Morgan fingerprint density at radius 1 is 1.12 bits per heavy atom. The quantitative estimate of drug-likeness (QED) is 0.339. The van der Waals surface area contributed by atoms with Crippen molar-refractivity contribution in [3.05, 3.63) is 34.5 Å². The van der Waals surface area contributed by atoms with Crippen molar-refractivity contribution in [2.24, 2.45) is 35.5 Å². The zero-order chi connectivity index (χ0) is 18.0. The number of rotatable bonds is 5. The van der Waals surface area contributed by atoms with Crippen molar-refractivity contribution in [2.45, 2.75) is 6.42 Å². The lowest BCUT2D eigenvalue weighted by atomic mass is 9.63. The van der Waals surface area contributed by atoms with Gasteiger partial charge in [-0.2, -0.15) is 0 Å². The van der Waals surface area contributed by atoms with Crippen LogP contribution in [-0.2, 0) is 19.1 Å². The van der Waals surface area contributed by atoms with Gasteiger partial charge >= 0.3 is 5.97 Å². The van der Waals surface area contributed by atoms with Crippen LogP contribution in [0.1, 0.15) is 16.1 Å². The number of esters is 1. The zero-order valence-electron chi connectivity index (χ0n) is 13.9. The minimum absolute atomic E-state index is 0.132. The predicted molar refractivity (Wildman–Crippen MR) is 91.0 cm³/mol. The van der Waals surface area contributed by atoms with Gasteiger partial charge in [-0.15, -0.1) is 11.3 Å². The molecule has 2 amide bonds. The maximum Gasteiger partial charge on any atom is 0.326 e. The van der Waals surface area contributed by atoms with Gasteiger partial charge in [-0.1, -0.05) is 18.2 Å². The van der Waals surface area contributed by atoms with Crippen molar-refractivity contribution in [3.63, 3.8) is 0 Å². The van der Waals surface area contributed by atoms with Gasteiger partial charge in [0.1, 0.15) is 6.54 Å². The SMILES string of the molecule is O=C(CN1C(=O)[C@@H]2[C@H]3C=C[C@H]([C@H]4C[C@H]34)[C@@H]2C1=O)OCC(=O)c1cccs1. The number of ketones is 1. The average Bonchev–Trinajstić information content (AvgIpc) is 3.23. The lowest BCUT2D eigenvalue weighted by Gasteiger charge is -2.37. The summed E-state index contributed by atoms with van der Waals surface area (Å²) >= 11 is 1.28. The number of nitrogens with zero attached hydrogens (tertiary/aromatic N) is 1. The van der Waals surface area contributed by atoms with E-state index in [1.165, 1.54) is 11.3 Å². The summed E-state index contributed by atoms with van der Waals surface area (Å²) in [7, 11) is 0. The van der Waals surface area contributed by atoms with E-state index in [9.17, 15) is 19.2 Å². The van der Waals surface area contributed by atoms with Gasteiger partial charge in [0.25, 0.3) is 0 Å². The van der Waals surface area contributed by atoms with Crippen LogP contribution in [0.5, 0.6) is 0 Å². The Morgan fingerprint density at radius 3 is 2.35 bits per heavy atom. The topological polar surface area (TPSA) is 80.8 Å². The number of hydrogen-bond donors (Lipinski definition) is 0. The van der Waals surface area contributed by atoms with Crippen LogP contribution >= 0.6 is 11.3 Å². The maximum absolute atomic E-state index is 12.8. The number of allylic oxidation sites excluding steroid dienone is 2. The third-order valence-corrected chi connectivity index (χ3v) is 7.11. The van der Waals surface area contributed by atoms with Gasteiger partial charge < -0.3 is 4.74 Å².